The summed E-state index contributed by atoms with van der Waals surface area (Å²) in [5.74, 6) is -0.290. The van der Waals surface area contributed by atoms with Gasteiger partial charge in [-0.05, 0) is 36.1 Å². The smallest absolute Gasteiger partial charge is 0.326 e. The van der Waals surface area contributed by atoms with E-state index in [4.69, 9.17) is 9.47 Å². The predicted molar refractivity (Wildman–Crippen MR) is 113 cm³/mol. The van der Waals surface area contributed by atoms with E-state index in [9.17, 15) is 14.7 Å². The van der Waals surface area contributed by atoms with Gasteiger partial charge in [0.1, 0.15) is 11.8 Å². The van der Waals surface area contributed by atoms with Crippen LogP contribution in [-0.4, -0.2) is 50.0 Å². The first kappa shape index (κ1) is 21.6. The van der Waals surface area contributed by atoms with Gasteiger partial charge in [0.15, 0.2) is 0 Å². The lowest BCUT2D eigenvalue weighted by molar-refractivity contribution is -0.139. The molecule has 0 aromatic heterocycles. The van der Waals surface area contributed by atoms with Crippen LogP contribution in [0.4, 0.5) is 4.79 Å². The van der Waals surface area contributed by atoms with Gasteiger partial charge >= 0.3 is 12.0 Å². The second kappa shape index (κ2) is 10.1. The molecule has 1 aliphatic heterocycles. The first-order valence-corrected chi connectivity index (χ1v) is 10.1. The van der Waals surface area contributed by atoms with Gasteiger partial charge < -0.3 is 25.2 Å². The number of nitrogens with one attached hydrogen (secondary N) is 2. The van der Waals surface area contributed by atoms with Crippen molar-refractivity contribution in [3.05, 3.63) is 65.7 Å². The Morgan fingerprint density at radius 2 is 1.77 bits per heavy atom. The molecule has 0 bridgehead atoms. The van der Waals surface area contributed by atoms with Gasteiger partial charge in [0.05, 0.1) is 7.11 Å². The van der Waals surface area contributed by atoms with Crippen LogP contribution in [0, 0.1) is 0 Å². The van der Waals surface area contributed by atoms with Gasteiger partial charge in [0.2, 0.25) is 0 Å². The van der Waals surface area contributed by atoms with E-state index in [-0.39, 0.29) is 11.8 Å². The molecule has 7 nitrogen and oxygen atoms in total. The summed E-state index contributed by atoms with van der Waals surface area (Å²) in [7, 11) is 1.62. The van der Waals surface area contributed by atoms with Crippen molar-refractivity contribution in [1.82, 2.24) is 10.6 Å². The van der Waals surface area contributed by atoms with Crippen LogP contribution in [0.1, 0.15) is 24.0 Å². The monoisotopic (exact) mass is 412 g/mol. The second-order valence-electron chi connectivity index (χ2n) is 7.53. The molecule has 2 aromatic rings. The van der Waals surface area contributed by atoms with Gasteiger partial charge in [-0.15, -0.1) is 0 Å². The minimum absolute atomic E-state index is 0.223. The number of ether oxygens (including phenoxy) is 2. The molecule has 3 N–H and O–H groups in total. The molecule has 1 atom stereocenters. The molecular formula is C23H28N2O5. The number of carboxylic acids is 1. The third-order valence-electron chi connectivity index (χ3n) is 5.63. The molecule has 160 valence electrons. The maximum Gasteiger partial charge on any atom is 0.326 e. The molecule has 2 aromatic carbocycles. The minimum atomic E-state index is -1.06. The molecule has 0 radical (unpaired) electrons. The van der Waals surface area contributed by atoms with Crippen LogP contribution < -0.4 is 15.4 Å². The largest absolute Gasteiger partial charge is 0.497 e. The van der Waals surface area contributed by atoms with Gasteiger partial charge in [-0.2, -0.15) is 0 Å². The summed E-state index contributed by atoms with van der Waals surface area (Å²) in [6, 6.07) is 15.6. The third kappa shape index (κ3) is 5.51. The summed E-state index contributed by atoms with van der Waals surface area (Å²) < 4.78 is 10.8. The van der Waals surface area contributed by atoms with Gasteiger partial charge in [-0.25, -0.2) is 9.59 Å². The molecule has 7 heteroatoms. The number of amides is 2. The molecule has 30 heavy (non-hydrogen) atoms. The van der Waals surface area contributed by atoms with Gasteiger partial charge in [-0.1, -0.05) is 42.5 Å². The van der Waals surface area contributed by atoms with Crippen LogP contribution >= 0.6 is 0 Å². The van der Waals surface area contributed by atoms with E-state index in [1.54, 1.807) is 7.11 Å². The Labute approximate surface area is 176 Å². The molecule has 0 unspecified atom stereocenters. The maximum atomic E-state index is 12.5. The average Bonchev–Trinajstić information content (AvgIpc) is 2.78. The molecular weight excluding hydrogens is 384 g/mol. The molecule has 1 saturated heterocycles. The molecule has 0 aliphatic carbocycles. The number of benzene rings is 2. The Morgan fingerprint density at radius 3 is 2.37 bits per heavy atom. The lowest BCUT2D eigenvalue weighted by atomic mass is 9.74. The zero-order valence-electron chi connectivity index (χ0n) is 17.1. The summed E-state index contributed by atoms with van der Waals surface area (Å²) in [5, 5.41) is 15.0. The highest BCUT2D eigenvalue weighted by atomic mass is 16.5. The topological polar surface area (TPSA) is 96.9 Å². The van der Waals surface area contributed by atoms with Crippen molar-refractivity contribution in [1.29, 1.82) is 0 Å². The van der Waals surface area contributed by atoms with Crippen LogP contribution in [0.5, 0.6) is 5.75 Å². The Bertz CT molecular complexity index is 832. The molecule has 1 fully saturated rings. The van der Waals surface area contributed by atoms with E-state index in [1.807, 2.05) is 54.6 Å². The van der Waals surface area contributed by atoms with E-state index >= 15 is 0 Å². The number of hydrogen-bond donors (Lipinski definition) is 3. The number of rotatable bonds is 8. The first-order valence-electron chi connectivity index (χ1n) is 10.1. The molecule has 0 spiro atoms. The van der Waals surface area contributed by atoms with Crippen LogP contribution in [0.25, 0.3) is 0 Å². The summed E-state index contributed by atoms with van der Waals surface area (Å²) in [6.45, 7) is 1.62. The molecule has 2 amide bonds. The summed E-state index contributed by atoms with van der Waals surface area (Å²) in [4.78, 5) is 24.1. The van der Waals surface area contributed by atoms with Gasteiger partial charge in [0, 0.05) is 31.6 Å². The van der Waals surface area contributed by atoms with Crippen molar-refractivity contribution in [3.8, 4) is 5.75 Å². The van der Waals surface area contributed by atoms with Crippen molar-refractivity contribution in [2.24, 2.45) is 0 Å². The Morgan fingerprint density at radius 1 is 1.10 bits per heavy atom. The molecule has 3 rings (SSSR count). The van der Waals surface area contributed by atoms with Crippen LogP contribution in [0.15, 0.2) is 54.6 Å². The zero-order valence-corrected chi connectivity index (χ0v) is 17.1. The number of hydrogen-bond acceptors (Lipinski definition) is 4. The lowest BCUT2D eigenvalue weighted by Crippen LogP contribution is -2.51. The fourth-order valence-corrected chi connectivity index (χ4v) is 3.78. The lowest BCUT2D eigenvalue weighted by Gasteiger charge is -2.38. The molecule has 1 heterocycles. The van der Waals surface area contributed by atoms with Gasteiger partial charge in [-0.3, -0.25) is 0 Å². The summed E-state index contributed by atoms with van der Waals surface area (Å²) in [6.07, 6.45) is 1.76. The van der Waals surface area contributed by atoms with Crippen LogP contribution in [0.3, 0.4) is 0 Å². The number of aliphatic carboxylic acids is 1. The molecule has 1 aliphatic rings. The highest BCUT2D eigenvalue weighted by Crippen LogP contribution is 2.35. The number of carbonyl (C=O) groups is 2. The van der Waals surface area contributed by atoms with Gasteiger partial charge in [0.25, 0.3) is 0 Å². The van der Waals surface area contributed by atoms with E-state index in [2.05, 4.69) is 10.6 Å². The van der Waals surface area contributed by atoms with Crippen molar-refractivity contribution < 1.29 is 24.2 Å². The maximum absolute atomic E-state index is 12.5. The predicted octanol–water partition coefficient (Wildman–Crippen LogP) is 2.74. The minimum Gasteiger partial charge on any atom is -0.497 e. The summed E-state index contributed by atoms with van der Waals surface area (Å²) >= 11 is 0. The SMILES string of the molecule is COc1ccc(C2(CNC(=O)N[C@@H](Cc3ccccc3)C(=O)O)CCOCC2)cc1. The van der Waals surface area contributed by atoms with Crippen molar-refractivity contribution >= 4 is 12.0 Å². The normalized spacial score (nSPS) is 16.3. The van der Waals surface area contributed by atoms with E-state index in [1.165, 1.54) is 0 Å². The fourth-order valence-electron chi connectivity index (χ4n) is 3.78. The molecule has 0 saturated carbocycles. The fraction of sp³-hybridized carbons (Fsp3) is 0.391. The van der Waals surface area contributed by atoms with Crippen molar-refractivity contribution in [3.63, 3.8) is 0 Å². The Kier molecular flexibility index (Phi) is 7.30. The highest BCUT2D eigenvalue weighted by Gasteiger charge is 2.35. The van der Waals surface area contributed by atoms with Crippen LogP contribution in [0.2, 0.25) is 0 Å². The highest BCUT2D eigenvalue weighted by molar-refractivity contribution is 5.82. The summed E-state index contributed by atoms with van der Waals surface area (Å²) in [5.41, 5.74) is 1.69. The Hall–Kier alpha value is -3.06. The standard InChI is InChI=1S/C23H28N2O5/c1-29-19-9-7-18(8-10-19)23(11-13-30-14-12-23)16-24-22(28)25-20(21(26)27)15-17-5-3-2-4-6-17/h2-10,20H,11-16H2,1H3,(H,26,27)(H2,24,25,28)/t20-/m0/s1. The van der Waals surface area contributed by atoms with E-state index in [0.717, 1.165) is 29.7 Å². The number of carbonyl (C=O) groups excluding carboxylic acids is 1. The first-order chi connectivity index (χ1) is 14.5. The average molecular weight is 412 g/mol. The van der Waals surface area contributed by atoms with Crippen molar-refractivity contribution in [2.75, 3.05) is 26.9 Å². The zero-order chi connectivity index (χ0) is 21.4. The number of urea groups is 1. The van der Waals surface area contributed by atoms with Crippen molar-refractivity contribution in [2.45, 2.75) is 30.7 Å². The quantitative estimate of drug-likeness (QED) is 0.620. The van der Waals surface area contributed by atoms with E-state index < -0.39 is 18.0 Å². The second-order valence-corrected chi connectivity index (χ2v) is 7.53. The number of methoxy groups -OCH3 is 1. The third-order valence-corrected chi connectivity index (χ3v) is 5.63. The Balaban J connectivity index is 1.65. The number of carboxylic acid groups (broad SMARTS) is 1. The van der Waals surface area contributed by atoms with E-state index in [0.29, 0.717) is 19.8 Å². The van der Waals surface area contributed by atoms with Crippen LogP contribution in [-0.2, 0) is 21.4 Å².